The fourth-order valence-corrected chi connectivity index (χ4v) is 4.64. The Morgan fingerprint density at radius 2 is 1.79 bits per heavy atom. The van der Waals surface area contributed by atoms with Crippen LogP contribution >= 0.6 is 0 Å². The van der Waals surface area contributed by atoms with Crippen LogP contribution in [-0.4, -0.2) is 50.9 Å². The largest absolute Gasteiger partial charge is 0.508 e. The third-order valence-corrected chi connectivity index (χ3v) is 6.85. The number of piperidine rings is 1. The fourth-order valence-electron chi connectivity index (χ4n) is 4.64. The first kappa shape index (κ1) is 26.4. The summed E-state index contributed by atoms with van der Waals surface area (Å²) in [4.78, 5) is 23.8. The predicted octanol–water partition coefficient (Wildman–Crippen LogP) is 5.25. The van der Waals surface area contributed by atoms with Crippen LogP contribution < -0.4 is 11.1 Å². The lowest BCUT2D eigenvalue weighted by molar-refractivity contribution is -0.0738. The van der Waals surface area contributed by atoms with E-state index in [9.17, 15) is 18.7 Å². The number of carbonyl (C=O) groups is 1. The first-order valence-corrected chi connectivity index (χ1v) is 12.7. The van der Waals surface area contributed by atoms with Gasteiger partial charge in [0.2, 0.25) is 0 Å². The molecule has 4 N–H and O–H groups in total. The maximum Gasteiger partial charge on any atom is 0.274 e. The maximum absolute atomic E-state index is 13.9. The van der Waals surface area contributed by atoms with Crippen LogP contribution in [0, 0.1) is 6.92 Å². The standard InChI is InChI=1S/C30H29F2N5O2/c1-19-2-3-23(16-35-19)24-12-20(17-37-11-9-30(31,32)28(33)18-37)13-25(14-24)36-29(39)27-15-22(8-10-34-27)21-4-6-26(38)7-5-21/h2-8,10,12-16,28,38H,9,11,17-18,33H2,1H3,(H,36,39). The third kappa shape index (κ3) is 6.27. The van der Waals surface area contributed by atoms with Crippen molar-refractivity contribution in [2.75, 3.05) is 18.4 Å². The van der Waals surface area contributed by atoms with E-state index >= 15 is 0 Å². The zero-order valence-electron chi connectivity index (χ0n) is 21.4. The molecular weight excluding hydrogens is 500 g/mol. The molecule has 200 valence electrons. The summed E-state index contributed by atoms with van der Waals surface area (Å²) in [7, 11) is 0. The van der Waals surface area contributed by atoms with Crippen molar-refractivity contribution in [2.24, 2.45) is 5.73 Å². The molecule has 1 aliphatic heterocycles. The Morgan fingerprint density at radius 3 is 2.51 bits per heavy atom. The van der Waals surface area contributed by atoms with Gasteiger partial charge in [-0.05, 0) is 77.7 Å². The van der Waals surface area contributed by atoms with Crippen LogP contribution in [0.25, 0.3) is 22.3 Å². The predicted molar refractivity (Wildman–Crippen MR) is 147 cm³/mol. The number of halogens is 2. The van der Waals surface area contributed by atoms with E-state index in [4.69, 9.17) is 5.73 Å². The molecule has 2 aromatic carbocycles. The molecule has 0 aliphatic carbocycles. The molecule has 4 aromatic rings. The van der Waals surface area contributed by atoms with Crippen molar-refractivity contribution in [3.63, 3.8) is 0 Å². The van der Waals surface area contributed by atoms with Crippen LogP contribution in [0.15, 0.2) is 79.1 Å². The average molecular weight is 530 g/mol. The van der Waals surface area contributed by atoms with Crippen LogP contribution in [0.2, 0.25) is 0 Å². The maximum atomic E-state index is 13.9. The number of anilines is 1. The van der Waals surface area contributed by atoms with Crippen molar-refractivity contribution in [1.82, 2.24) is 14.9 Å². The van der Waals surface area contributed by atoms with E-state index in [-0.39, 0.29) is 36.9 Å². The zero-order valence-corrected chi connectivity index (χ0v) is 21.4. The average Bonchev–Trinajstić information content (AvgIpc) is 2.92. The molecule has 1 aliphatic rings. The van der Waals surface area contributed by atoms with Crippen LogP contribution in [0.1, 0.15) is 28.2 Å². The number of phenolic OH excluding ortho intramolecular Hbond substituents is 1. The monoisotopic (exact) mass is 529 g/mol. The van der Waals surface area contributed by atoms with Gasteiger partial charge in [0.15, 0.2) is 0 Å². The lowest BCUT2D eigenvalue weighted by Crippen LogP contribution is -2.54. The van der Waals surface area contributed by atoms with Crippen molar-refractivity contribution < 1.29 is 18.7 Å². The Bertz CT molecular complexity index is 1480. The Kier molecular flexibility index (Phi) is 7.36. The molecule has 39 heavy (non-hydrogen) atoms. The number of aromatic hydroxyl groups is 1. The SMILES string of the molecule is Cc1ccc(-c2cc(CN3CCC(F)(F)C(N)C3)cc(NC(=O)c3cc(-c4ccc(O)cc4)ccn3)c2)cn1. The zero-order chi connectivity index (χ0) is 27.6. The molecule has 2 aromatic heterocycles. The summed E-state index contributed by atoms with van der Waals surface area (Å²) in [5, 5.41) is 12.5. The number of hydrogen-bond donors (Lipinski definition) is 3. The normalized spacial score (nSPS) is 17.1. The van der Waals surface area contributed by atoms with Crippen LogP contribution in [-0.2, 0) is 6.54 Å². The molecule has 0 bridgehead atoms. The number of aryl methyl sites for hydroxylation is 1. The summed E-state index contributed by atoms with van der Waals surface area (Å²) in [5.74, 6) is -3.10. The molecule has 1 fully saturated rings. The molecule has 7 nitrogen and oxygen atoms in total. The second-order valence-corrected chi connectivity index (χ2v) is 9.89. The minimum Gasteiger partial charge on any atom is -0.508 e. The van der Waals surface area contributed by atoms with Gasteiger partial charge in [-0.1, -0.05) is 18.2 Å². The number of nitrogens with zero attached hydrogens (tertiary/aromatic N) is 3. The van der Waals surface area contributed by atoms with Crippen molar-refractivity contribution in [3.05, 3.63) is 96.1 Å². The number of hydrogen-bond acceptors (Lipinski definition) is 6. The molecule has 0 radical (unpaired) electrons. The second-order valence-electron chi connectivity index (χ2n) is 9.89. The Hall–Kier alpha value is -4.21. The van der Waals surface area contributed by atoms with Gasteiger partial charge in [0.1, 0.15) is 11.4 Å². The summed E-state index contributed by atoms with van der Waals surface area (Å²) < 4.78 is 27.9. The molecule has 1 unspecified atom stereocenters. The van der Waals surface area contributed by atoms with E-state index in [1.54, 1.807) is 48.8 Å². The van der Waals surface area contributed by atoms with Gasteiger partial charge in [0.25, 0.3) is 11.8 Å². The number of aromatic nitrogens is 2. The number of nitrogens with one attached hydrogen (secondary N) is 1. The lowest BCUT2D eigenvalue weighted by atomic mass is 9.99. The van der Waals surface area contributed by atoms with Gasteiger partial charge in [-0.25, -0.2) is 8.78 Å². The third-order valence-electron chi connectivity index (χ3n) is 6.85. The van der Waals surface area contributed by atoms with Gasteiger partial charge in [-0.15, -0.1) is 0 Å². The molecule has 1 amide bonds. The van der Waals surface area contributed by atoms with E-state index < -0.39 is 12.0 Å². The van der Waals surface area contributed by atoms with E-state index in [1.165, 1.54) is 0 Å². The van der Waals surface area contributed by atoms with Gasteiger partial charge in [-0.3, -0.25) is 19.7 Å². The molecule has 3 heterocycles. The number of rotatable bonds is 6. The van der Waals surface area contributed by atoms with E-state index in [0.717, 1.165) is 33.5 Å². The Labute approximate surface area is 225 Å². The molecule has 0 saturated carbocycles. The second kappa shape index (κ2) is 10.9. The summed E-state index contributed by atoms with van der Waals surface area (Å²) in [5.41, 5.74) is 11.6. The van der Waals surface area contributed by atoms with Crippen LogP contribution in [0.3, 0.4) is 0 Å². The Balaban J connectivity index is 1.41. The Morgan fingerprint density at radius 1 is 1.03 bits per heavy atom. The van der Waals surface area contributed by atoms with Crippen molar-refractivity contribution in [1.29, 1.82) is 0 Å². The summed E-state index contributed by atoms with van der Waals surface area (Å²) >= 11 is 0. The summed E-state index contributed by atoms with van der Waals surface area (Å²) in [6.45, 7) is 2.63. The highest BCUT2D eigenvalue weighted by molar-refractivity contribution is 6.03. The molecular formula is C30H29F2N5O2. The number of benzene rings is 2. The van der Waals surface area contributed by atoms with E-state index in [1.807, 2.05) is 42.2 Å². The summed E-state index contributed by atoms with van der Waals surface area (Å²) in [6.07, 6.45) is 3.04. The van der Waals surface area contributed by atoms with E-state index in [0.29, 0.717) is 12.2 Å². The van der Waals surface area contributed by atoms with Gasteiger partial charge in [0, 0.05) is 55.4 Å². The minimum absolute atomic E-state index is 0.0823. The first-order chi connectivity index (χ1) is 18.7. The van der Waals surface area contributed by atoms with Crippen molar-refractivity contribution in [3.8, 4) is 28.0 Å². The first-order valence-electron chi connectivity index (χ1n) is 12.7. The van der Waals surface area contributed by atoms with Gasteiger partial charge in [0.05, 0.1) is 6.04 Å². The van der Waals surface area contributed by atoms with Crippen LogP contribution in [0.4, 0.5) is 14.5 Å². The van der Waals surface area contributed by atoms with E-state index in [2.05, 4.69) is 15.3 Å². The molecule has 9 heteroatoms. The highest BCUT2D eigenvalue weighted by atomic mass is 19.3. The molecule has 1 atom stereocenters. The molecule has 5 rings (SSSR count). The van der Waals surface area contributed by atoms with Gasteiger partial charge >= 0.3 is 0 Å². The van der Waals surface area contributed by atoms with Gasteiger partial charge in [-0.2, -0.15) is 0 Å². The number of amides is 1. The highest BCUT2D eigenvalue weighted by Crippen LogP contribution is 2.30. The molecule has 0 spiro atoms. The number of phenols is 1. The highest BCUT2D eigenvalue weighted by Gasteiger charge is 2.41. The number of likely N-dealkylation sites (tertiary alicyclic amines) is 1. The number of nitrogens with two attached hydrogens (primary N) is 1. The molecule has 1 saturated heterocycles. The van der Waals surface area contributed by atoms with Crippen LogP contribution in [0.5, 0.6) is 5.75 Å². The fraction of sp³-hybridized carbons (Fsp3) is 0.233. The number of alkyl halides is 2. The number of carbonyl (C=O) groups excluding carboxylic acids is 1. The van der Waals surface area contributed by atoms with Crippen molar-refractivity contribution >= 4 is 11.6 Å². The quantitative estimate of drug-likeness (QED) is 0.315. The smallest absolute Gasteiger partial charge is 0.274 e. The number of pyridine rings is 2. The minimum atomic E-state index is -2.87. The lowest BCUT2D eigenvalue weighted by Gasteiger charge is -2.36. The van der Waals surface area contributed by atoms with Crippen molar-refractivity contribution in [2.45, 2.75) is 31.9 Å². The van der Waals surface area contributed by atoms with Gasteiger partial charge < -0.3 is 16.2 Å². The summed E-state index contributed by atoms with van der Waals surface area (Å²) in [6, 6.07) is 18.5. The topological polar surface area (TPSA) is 104 Å².